The zero-order valence-corrected chi connectivity index (χ0v) is 22.0. The Morgan fingerprint density at radius 2 is 1.81 bits per heavy atom. The molecule has 0 spiro atoms. The lowest BCUT2D eigenvalue weighted by atomic mass is 10.1. The number of carbonyl (C=O) groups is 1. The first-order chi connectivity index (χ1) is 17.7. The summed E-state index contributed by atoms with van der Waals surface area (Å²) in [6.45, 7) is 3.42. The topological polar surface area (TPSA) is 133 Å². The summed E-state index contributed by atoms with van der Waals surface area (Å²) < 4.78 is 50.8. The van der Waals surface area contributed by atoms with Gasteiger partial charge in [-0.3, -0.25) is 4.72 Å². The van der Waals surface area contributed by atoms with Gasteiger partial charge in [-0.2, -0.15) is 8.42 Å². The number of aliphatic hydroxyl groups is 1. The number of ether oxygens (including phenoxy) is 4. The van der Waals surface area contributed by atoms with E-state index in [0.29, 0.717) is 0 Å². The molecule has 10 nitrogen and oxygen atoms in total. The van der Waals surface area contributed by atoms with Gasteiger partial charge in [0, 0.05) is 6.20 Å². The highest BCUT2D eigenvalue weighted by Crippen LogP contribution is 2.43. The van der Waals surface area contributed by atoms with Gasteiger partial charge in [-0.15, -0.1) is 0 Å². The number of nitrogens with one attached hydrogen (secondary N) is 1. The second kappa shape index (κ2) is 12.6. The first-order valence-corrected chi connectivity index (χ1v) is 13.2. The normalized spacial score (nSPS) is 11.2. The van der Waals surface area contributed by atoms with Crippen LogP contribution in [0.2, 0.25) is 0 Å². The van der Waals surface area contributed by atoms with Crippen LogP contribution >= 0.6 is 11.6 Å². The molecule has 1 heterocycles. The quantitative estimate of drug-likeness (QED) is 0.246. The van der Waals surface area contributed by atoms with E-state index in [2.05, 4.69) is 9.71 Å². The third kappa shape index (κ3) is 7.03. The highest BCUT2D eigenvalue weighted by molar-refractivity contribution is 7.92. The number of benzene rings is 2. The van der Waals surface area contributed by atoms with Gasteiger partial charge in [0.25, 0.3) is 10.0 Å². The van der Waals surface area contributed by atoms with Crippen molar-refractivity contribution in [3.8, 4) is 23.0 Å². The van der Waals surface area contributed by atoms with Crippen molar-refractivity contribution in [1.82, 2.24) is 4.98 Å². The van der Waals surface area contributed by atoms with Gasteiger partial charge in [-0.05, 0) is 41.8 Å². The fourth-order valence-electron chi connectivity index (χ4n) is 3.19. The van der Waals surface area contributed by atoms with E-state index in [-0.39, 0.29) is 64.5 Å². The smallest absolute Gasteiger partial charge is 0.338 e. The fraction of sp³-hybridized carbons (Fsp3) is 0.280. The van der Waals surface area contributed by atoms with Crippen LogP contribution in [0.4, 0.5) is 5.69 Å². The van der Waals surface area contributed by atoms with Crippen LogP contribution in [-0.4, -0.2) is 50.9 Å². The van der Waals surface area contributed by atoms with E-state index in [9.17, 15) is 18.3 Å². The number of aliphatic hydroxyl groups excluding tert-OH is 1. The van der Waals surface area contributed by atoms with Crippen molar-refractivity contribution in [3.63, 3.8) is 0 Å². The minimum Gasteiger partial charge on any atom is -0.487 e. The molecule has 1 aromatic heterocycles. The van der Waals surface area contributed by atoms with Crippen LogP contribution < -0.4 is 18.9 Å². The number of hydrogen-bond donors (Lipinski definition) is 2. The molecule has 0 aliphatic rings. The van der Waals surface area contributed by atoms with Gasteiger partial charge >= 0.3 is 5.97 Å². The summed E-state index contributed by atoms with van der Waals surface area (Å²) in [5.41, 5.74) is 0.714. The average Bonchev–Trinajstić information content (AvgIpc) is 2.89. The van der Waals surface area contributed by atoms with Crippen molar-refractivity contribution in [1.29, 1.82) is 0 Å². The molecule has 12 heteroatoms. The monoisotopic (exact) mass is 550 g/mol. The second-order valence-corrected chi connectivity index (χ2v) is 9.75. The first kappa shape index (κ1) is 28.0. The molecule has 0 atom stereocenters. The minimum atomic E-state index is -4.23. The van der Waals surface area contributed by atoms with Crippen molar-refractivity contribution >= 4 is 33.3 Å². The van der Waals surface area contributed by atoms with Crippen LogP contribution in [-0.2, 0) is 14.8 Å². The van der Waals surface area contributed by atoms with Gasteiger partial charge in [0.05, 0.1) is 25.0 Å². The van der Waals surface area contributed by atoms with E-state index in [1.54, 1.807) is 30.3 Å². The number of pyridine rings is 1. The Morgan fingerprint density at radius 1 is 1.08 bits per heavy atom. The molecule has 2 N–H and O–H groups in total. The summed E-state index contributed by atoms with van der Waals surface area (Å²) >= 11 is 5.72. The first-order valence-electron chi connectivity index (χ1n) is 11.1. The van der Waals surface area contributed by atoms with Crippen LogP contribution in [0.1, 0.15) is 35.7 Å². The zero-order chi connectivity index (χ0) is 27.0. The maximum atomic E-state index is 13.3. The van der Waals surface area contributed by atoms with E-state index < -0.39 is 16.0 Å². The predicted molar refractivity (Wildman–Crippen MR) is 137 cm³/mol. The maximum absolute atomic E-state index is 13.3. The number of alkyl halides is 1. The van der Waals surface area contributed by atoms with E-state index in [0.717, 1.165) is 5.56 Å². The molecule has 0 aliphatic carbocycles. The Balaban J connectivity index is 2.14. The molecule has 0 radical (unpaired) electrons. The lowest BCUT2D eigenvalue weighted by Crippen LogP contribution is -2.16. The molecule has 0 unspecified atom stereocenters. The van der Waals surface area contributed by atoms with Crippen molar-refractivity contribution in [2.45, 2.75) is 24.8 Å². The van der Waals surface area contributed by atoms with Crippen LogP contribution in [0.25, 0.3) is 0 Å². The van der Waals surface area contributed by atoms with Gasteiger partial charge < -0.3 is 24.1 Å². The molecule has 3 aromatic rings. The number of anilines is 1. The van der Waals surface area contributed by atoms with Gasteiger partial charge in [-0.25, -0.2) is 9.78 Å². The lowest BCUT2D eigenvalue weighted by molar-refractivity contribution is 0.0600. The molecule has 0 aliphatic heterocycles. The number of carbonyl (C=O) groups excluding carboxylic acids is 1. The number of methoxy groups -OCH3 is 1. The molecule has 0 saturated heterocycles. The number of aromatic nitrogens is 1. The van der Waals surface area contributed by atoms with E-state index in [1.165, 1.54) is 31.5 Å². The number of halogens is 1. The molecule has 2 aromatic carbocycles. The van der Waals surface area contributed by atoms with Crippen molar-refractivity contribution < 1.29 is 37.3 Å². The van der Waals surface area contributed by atoms with E-state index >= 15 is 0 Å². The Hall–Kier alpha value is -3.54. The van der Waals surface area contributed by atoms with Crippen LogP contribution in [0.15, 0.2) is 59.8 Å². The molecular formula is C25H27ClN2O8S. The number of sulfonamides is 1. The number of para-hydroxylation sites is 2. The lowest BCUT2D eigenvalue weighted by Gasteiger charge is -2.19. The van der Waals surface area contributed by atoms with Crippen molar-refractivity contribution in [2.24, 2.45) is 0 Å². The van der Waals surface area contributed by atoms with Crippen LogP contribution in [0.5, 0.6) is 23.0 Å². The van der Waals surface area contributed by atoms with E-state index in [4.69, 9.17) is 30.5 Å². The highest BCUT2D eigenvalue weighted by atomic mass is 35.5. The predicted octanol–water partition coefficient (Wildman–Crippen LogP) is 4.53. The molecule has 0 saturated carbocycles. The molecule has 198 valence electrons. The largest absolute Gasteiger partial charge is 0.487 e. The molecule has 37 heavy (non-hydrogen) atoms. The minimum absolute atomic E-state index is 0.0195. The average molecular weight is 551 g/mol. The third-order valence-corrected chi connectivity index (χ3v) is 6.43. The standard InChI is InChI=1S/C25H27ClN2O8S/c1-16(2)17-8-9-23(27-14-17)37(31,32)28-19-12-18(25(30)33-3)13-22(34-11-10-29)24(19)36-21-7-5-4-6-20(21)35-15-26/h4-9,12-14,16,28-29H,10-11,15H2,1-3H3. The molecule has 0 amide bonds. The van der Waals surface area contributed by atoms with Crippen LogP contribution in [0.3, 0.4) is 0 Å². The number of hydrogen-bond acceptors (Lipinski definition) is 9. The van der Waals surface area contributed by atoms with Crippen molar-refractivity contribution in [3.05, 3.63) is 65.9 Å². The van der Waals surface area contributed by atoms with Crippen LogP contribution in [0, 0.1) is 0 Å². The van der Waals surface area contributed by atoms with Gasteiger partial charge in [0.1, 0.15) is 6.61 Å². The number of rotatable bonds is 12. The Kier molecular flexibility index (Phi) is 9.56. The Labute approximate surface area is 220 Å². The third-order valence-electron chi connectivity index (χ3n) is 5.04. The number of nitrogens with zero attached hydrogens (tertiary/aromatic N) is 1. The molecule has 3 rings (SSSR count). The highest BCUT2D eigenvalue weighted by Gasteiger charge is 2.25. The van der Waals surface area contributed by atoms with Gasteiger partial charge in [0.2, 0.25) is 0 Å². The van der Waals surface area contributed by atoms with Gasteiger partial charge in [0.15, 0.2) is 34.1 Å². The summed E-state index contributed by atoms with van der Waals surface area (Å²) in [5, 5.41) is 9.06. The summed E-state index contributed by atoms with van der Waals surface area (Å²) in [6.07, 6.45) is 1.48. The molecule has 0 bridgehead atoms. The Bertz CT molecular complexity index is 1330. The van der Waals surface area contributed by atoms with Gasteiger partial charge in [-0.1, -0.05) is 43.6 Å². The molecule has 0 fully saturated rings. The van der Waals surface area contributed by atoms with E-state index in [1.807, 2.05) is 13.8 Å². The Morgan fingerprint density at radius 3 is 2.41 bits per heavy atom. The summed E-state index contributed by atoms with van der Waals surface area (Å²) in [7, 11) is -3.04. The summed E-state index contributed by atoms with van der Waals surface area (Å²) in [5.74, 6) is -0.223. The fourth-order valence-corrected chi connectivity index (χ4v) is 4.30. The van der Waals surface area contributed by atoms with Crippen molar-refractivity contribution in [2.75, 3.05) is 31.1 Å². The zero-order valence-electron chi connectivity index (χ0n) is 20.4. The number of esters is 1. The molecular weight excluding hydrogens is 524 g/mol. The SMILES string of the molecule is COC(=O)c1cc(NS(=O)(=O)c2ccc(C(C)C)cn2)c(Oc2ccccc2OCCl)c(OCCO)c1. The summed E-state index contributed by atoms with van der Waals surface area (Å²) in [4.78, 5) is 16.4. The maximum Gasteiger partial charge on any atom is 0.338 e. The second-order valence-electron chi connectivity index (χ2n) is 7.91. The summed E-state index contributed by atoms with van der Waals surface area (Å²) in [6, 6.07) is 12.0.